The lowest BCUT2D eigenvalue weighted by Gasteiger charge is -2.28. The fraction of sp³-hybridized carbons (Fsp3) is 0.316. The highest BCUT2D eigenvalue weighted by molar-refractivity contribution is 9.10. The van der Waals surface area contributed by atoms with Gasteiger partial charge in [-0.25, -0.2) is 9.67 Å². The number of halogens is 1. The number of benzene rings is 1. The monoisotopic (exact) mass is 430 g/mol. The van der Waals surface area contributed by atoms with Gasteiger partial charge in [-0.2, -0.15) is 5.10 Å². The molecule has 1 amide bonds. The number of hydrogen-bond acceptors (Lipinski definition) is 4. The van der Waals surface area contributed by atoms with Crippen molar-refractivity contribution in [2.24, 2.45) is 0 Å². The number of thiazole rings is 1. The van der Waals surface area contributed by atoms with Crippen molar-refractivity contribution < 1.29 is 4.79 Å². The maximum Gasteiger partial charge on any atom is 0.256 e. The lowest BCUT2D eigenvalue weighted by molar-refractivity contribution is 0.0897. The van der Waals surface area contributed by atoms with Gasteiger partial charge in [0.1, 0.15) is 9.61 Å². The second kappa shape index (κ2) is 6.96. The molecular formula is C19H19BrN4OS. The predicted octanol–water partition coefficient (Wildman–Crippen LogP) is 4.60. The minimum Gasteiger partial charge on any atom is -0.340 e. The van der Waals surface area contributed by atoms with E-state index in [1.165, 1.54) is 0 Å². The van der Waals surface area contributed by atoms with Crippen LogP contribution in [0.4, 0.5) is 0 Å². The Labute approximate surface area is 164 Å². The Morgan fingerprint density at radius 2 is 2.00 bits per heavy atom. The van der Waals surface area contributed by atoms with Crippen molar-refractivity contribution in [3.8, 4) is 5.69 Å². The third-order valence-corrected chi connectivity index (χ3v) is 6.72. The molecule has 2 aromatic heterocycles. The highest BCUT2D eigenvalue weighted by Gasteiger charge is 2.40. The van der Waals surface area contributed by atoms with Gasteiger partial charge in [-0.1, -0.05) is 31.0 Å². The molecule has 1 aliphatic carbocycles. The molecule has 1 aliphatic rings. The van der Waals surface area contributed by atoms with Crippen LogP contribution in [0.1, 0.15) is 46.7 Å². The minimum atomic E-state index is -0.357. The number of hydrogen-bond donors (Lipinski definition) is 1. The summed E-state index contributed by atoms with van der Waals surface area (Å²) in [6.07, 6.45) is 5.67. The fourth-order valence-corrected chi connectivity index (χ4v) is 5.06. The Balaban J connectivity index is 1.63. The van der Waals surface area contributed by atoms with Crippen molar-refractivity contribution in [1.29, 1.82) is 0 Å². The van der Waals surface area contributed by atoms with E-state index in [0.717, 1.165) is 42.1 Å². The van der Waals surface area contributed by atoms with Gasteiger partial charge in [0.25, 0.3) is 5.91 Å². The normalized spacial score (nSPS) is 15.9. The average molecular weight is 431 g/mol. The SMILES string of the molecule is Cc1csc(C2(NC(=O)c3cnn(-c4ccccc4)c3Br)CCCC2)n1. The molecule has 0 saturated heterocycles. The molecule has 0 radical (unpaired) electrons. The Morgan fingerprint density at radius 1 is 1.27 bits per heavy atom. The number of carbonyl (C=O) groups is 1. The number of nitrogens with one attached hydrogen (secondary N) is 1. The van der Waals surface area contributed by atoms with E-state index >= 15 is 0 Å². The summed E-state index contributed by atoms with van der Waals surface area (Å²) in [6.45, 7) is 1.99. The summed E-state index contributed by atoms with van der Waals surface area (Å²) < 4.78 is 2.38. The number of rotatable bonds is 4. The van der Waals surface area contributed by atoms with Crippen LogP contribution in [0.25, 0.3) is 5.69 Å². The molecule has 1 N–H and O–H groups in total. The second-order valence-electron chi connectivity index (χ2n) is 6.63. The molecule has 2 heterocycles. The largest absolute Gasteiger partial charge is 0.340 e. The van der Waals surface area contributed by atoms with E-state index in [0.29, 0.717) is 10.2 Å². The number of nitrogens with zero attached hydrogens (tertiary/aromatic N) is 3. The van der Waals surface area contributed by atoms with Crippen LogP contribution in [0, 0.1) is 6.92 Å². The van der Waals surface area contributed by atoms with Gasteiger partial charge in [0.15, 0.2) is 0 Å². The summed E-state index contributed by atoms with van der Waals surface area (Å²) in [5.41, 5.74) is 2.09. The quantitative estimate of drug-likeness (QED) is 0.657. The van der Waals surface area contributed by atoms with E-state index in [2.05, 4.69) is 31.3 Å². The van der Waals surface area contributed by atoms with Gasteiger partial charge in [0.05, 0.1) is 23.0 Å². The smallest absolute Gasteiger partial charge is 0.256 e. The molecule has 0 aliphatic heterocycles. The molecule has 1 saturated carbocycles. The van der Waals surface area contributed by atoms with E-state index in [9.17, 15) is 4.79 Å². The predicted molar refractivity (Wildman–Crippen MR) is 106 cm³/mol. The summed E-state index contributed by atoms with van der Waals surface area (Å²) in [5, 5.41) is 10.7. The zero-order valence-corrected chi connectivity index (χ0v) is 16.8. The lowest BCUT2D eigenvalue weighted by Crippen LogP contribution is -2.43. The molecule has 5 nitrogen and oxygen atoms in total. The maximum atomic E-state index is 13.0. The molecular weight excluding hydrogens is 412 g/mol. The number of aryl methyl sites for hydroxylation is 1. The topological polar surface area (TPSA) is 59.8 Å². The van der Waals surface area contributed by atoms with Gasteiger partial charge in [-0.3, -0.25) is 4.79 Å². The highest BCUT2D eigenvalue weighted by atomic mass is 79.9. The Morgan fingerprint density at radius 3 is 2.65 bits per heavy atom. The molecule has 0 atom stereocenters. The van der Waals surface area contributed by atoms with Gasteiger partial charge in [0, 0.05) is 11.1 Å². The first-order valence-electron chi connectivity index (χ1n) is 8.63. The number of aromatic nitrogens is 3. The van der Waals surface area contributed by atoms with Crippen molar-refractivity contribution in [3.05, 3.63) is 62.8 Å². The van der Waals surface area contributed by atoms with E-state index < -0.39 is 0 Å². The first-order chi connectivity index (χ1) is 12.6. The Bertz CT molecular complexity index is 928. The molecule has 7 heteroatoms. The molecule has 0 unspecified atom stereocenters. The molecule has 26 heavy (non-hydrogen) atoms. The third kappa shape index (κ3) is 3.10. The van der Waals surface area contributed by atoms with Crippen LogP contribution in [0.2, 0.25) is 0 Å². The van der Waals surface area contributed by atoms with Crippen LogP contribution in [-0.4, -0.2) is 20.7 Å². The van der Waals surface area contributed by atoms with Crippen LogP contribution >= 0.6 is 27.3 Å². The van der Waals surface area contributed by atoms with Crippen molar-refractivity contribution >= 4 is 33.2 Å². The van der Waals surface area contributed by atoms with Gasteiger partial charge < -0.3 is 5.32 Å². The zero-order chi connectivity index (χ0) is 18.1. The molecule has 1 fully saturated rings. The Kier molecular flexibility index (Phi) is 4.67. The van der Waals surface area contributed by atoms with Gasteiger partial charge in [-0.15, -0.1) is 11.3 Å². The highest BCUT2D eigenvalue weighted by Crippen LogP contribution is 2.40. The van der Waals surface area contributed by atoms with Crippen LogP contribution < -0.4 is 5.32 Å². The van der Waals surface area contributed by atoms with Crippen LogP contribution in [0.15, 0.2) is 46.5 Å². The van der Waals surface area contributed by atoms with Gasteiger partial charge >= 0.3 is 0 Å². The van der Waals surface area contributed by atoms with Gasteiger partial charge in [-0.05, 0) is 47.8 Å². The molecule has 4 rings (SSSR count). The van der Waals surface area contributed by atoms with Crippen LogP contribution in [-0.2, 0) is 5.54 Å². The van der Waals surface area contributed by atoms with E-state index in [1.807, 2.05) is 42.6 Å². The molecule has 0 bridgehead atoms. The third-order valence-electron chi connectivity index (χ3n) is 4.79. The van der Waals surface area contributed by atoms with Crippen molar-refractivity contribution in [2.75, 3.05) is 0 Å². The van der Waals surface area contributed by atoms with Crippen LogP contribution in [0.5, 0.6) is 0 Å². The van der Waals surface area contributed by atoms with Crippen LogP contribution in [0.3, 0.4) is 0 Å². The van der Waals surface area contributed by atoms with E-state index in [-0.39, 0.29) is 11.4 Å². The zero-order valence-electron chi connectivity index (χ0n) is 14.4. The van der Waals surface area contributed by atoms with Gasteiger partial charge in [0.2, 0.25) is 0 Å². The Hall–Kier alpha value is -1.99. The standard InChI is InChI=1S/C19H19BrN4OS/c1-13-12-26-18(22-13)19(9-5-6-10-19)23-17(25)15-11-21-24(16(15)20)14-7-3-2-4-8-14/h2-4,7-8,11-12H,5-6,9-10H2,1H3,(H,23,25). The fourth-order valence-electron chi connectivity index (χ4n) is 3.46. The summed E-state index contributed by atoms with van der Waals surface area (Å²) in [7, 11) is 0. The minimum absolute atomic E-state index is 0.117. The first-order valence-corrected chi connectivity index (χ1v) is 10.3. The number of amides is 1. The summed E-state index contributed by atoms with van der Waals surface area (Å²) in [4.78, 5) is 17.7. The average Bonchev–Trinajstić information content (AvgIpc) is 3.36. The van der Waals surface area contributed by atoms with Crippen molar-refractivity contribution in [1.82, 2.24) is 20.1 Å². The summed E-state index contributed by atoms with van der Waals surface area (Å²) in [6, 6.07) is 9.75. The summed E-state index contributed by atoms with van der Waals surface area (Å²) >= 11 is 5.17. The van der Waals surface area contributed by atoms with Crippen molar-refractivity contribution in [3.63, 3.8) is 0 Å². The summed E-state index contributed by atoms with van der Waals surface area (Å²) in [5.74, 6) is -0.117. The number of carbonyl (C=O) groups excluding carboxylic acids is 1. The lowest BCUT2D eigenvalue weighted by atomic mass is 9.98. The molecule has 134 valence electrons. The maximum absolute atomic E-state index is 13.0. The van der Waals surface area contributed by atoms with E-state index in [4.69, 9.17) is 0 Å². The van der Waals surface area contributed by atoms with Crippen molar-refractivity contribution in [2.45, 2.75) is 38.1 Å². The molecule has 0 spiro atoms. The second-order valence-corrected chi connectivity index (χ2v) is 8.24. The first kappa shape index (κ1) is 17.4. The number of para-hydroxylation sites is 1. The molecule has 3 aromatic rings. The molecule has 1 aromatic carbocycles. The van der Waals surface area contributed by atoms with E-state index in [1.54, 1.807) is 22.2 Å².